The maximum atomic E-state index is 16.2. The van der Waals surface area contributed by atoms with Crippen LogP contribution in [-0.2, 0) is 34.3 Å². The molecule has 2 fully saturated rings. The topological polar surface area (TPSA) is 130 Å². The van der Waals surface area contributed by atoms with Gasteiger partial charge in [0.15, 0.2) is 0 Å². The lowest BCUT2D eigenvalue weighted by Crippen LogP contribution is -2.48. The summed E-state index contributed by atoms with van der Waals surface area (Å²) in [6.45, 7) is 8.77. The first-order valence-corrected chi connectivity index (χ1v) is 21.0. The summed E-state index contributed by atoms with van der Waals surface area (Å²) in [7, 11) is -0.559. The zero-order valence-electron chi connectivity index (χ0n) is 33.1. The van der Waals surface area contributed by atoms with Crippen molar-refractivity contribution in [2.24, 2.45) is 0 Å². The van der Waals surface area contributed by atoms with Crippen molar-refractivity contribution in [1.82, 2.24) is 29.1 Å². The lowest BCUT2D eigenvalue weighted by molar-refractivity contribution is 0.122. The van der Waals surface area contributed by atoms with Crippen molar-refractivity contribution in [2.75, 3.05) is 94.5 Å². The summed E-state index contributed by atoms with van der Waals surface area (Å²) in [6.07, 6.45) is 4.11. The van der Waals surface area contributed by atoms with E-state index in [4.69, 9.17) is 34.1 Å². The van der Waals surface area contributed by atoms with E-state index in [9.17, 15) is 8.42 Å². The van der Waals surface area contributed by atoms with Crippen LogP contribution in [0.15, 0.2) is 84.0 Å². The van der Waals surface area contributed by atoms with Crippen molar-refractivity contribution in [3.05, 3.63) is 102 Å². The Morgan fingerprint density at radius 1 is 0.793 bits per heavy atom. The fourth-order valence-electron chi connectivity index (χ4n) is 7.63. The number of anilines is 4. The number of aromatic nitrogens is 4. The van der Waals surface area contributed by atoms with E-state index in [0.29, 0.717) is 108 Å². The first-order chi connectivity index (χ1) is 28.2. The van der Waals surface area contributed by atoms with E-state index in [1.165, 1.54) is 10.4 Å². The van der Waals surface area contributed by atoms with Crippen LogP contribution in [0.5, 0.6) is 11.5 Å². The highest BCUT2D eigenvalue weighted by Crippen LogP contribution is 2.41. The van der Waals surface area contributed by atoms with E-state index in [1.54, 1.807) is 32.7 Å². The molecule has 2 saturated heterocycles. The molecule has 3 aliphatic rings. The van der Waals surface area contributed by atoms with Crippen LogP contribution in [0.3, 0.4) is 0 Å². The van der Waals surface area contributed by atoms with Gasteiger partial charge in [-0.25, -0.2) is 27.8 Å². The molecule has 0 unspecified atom stereocenters. The fourth-order valence-corrected chi connectivity index (χ4v) is 9.07. The number of hydrogen-bond donors (Lipinski definition) is 0. The van der Waals surface area contributed by atoms with Crippen LogP contribution in [0, 0.1) is 5.82 Å². The number of likely N-dealkylation sites (N-methyl/N-ethyl adjacent to an activating group) is 1. The normalized spacial score (nSPS) is 16.3. The van der Waals surface area contributed by atoms with Crippen LogP contribution < -0.4 is 24.2 Å². The Labute approximate surface area is 338 Å². The van der Waals surface area contributed by atoms with Gasteiger partial charge in [0.05, 0.1) is 43.7 Å². The number of rotatable bonds is 13. The fraction of sp³-hybridized carbons (Fsp3) is 0.381. The minimum Gasteiger partial charge on any atom is -0.497 e. The minimum atomic E-state index is -3.86. The molecular formula is C42H48FN9O5S. The van der Waals surface area contributed by atoms with Gasteiger partial charge in [-0.05, 0) is 66.6 Å². The van der Waals surface area contributed by atoms with Gasteiger partial charge in [-0.3, -0.25) is 0 Å². The Bertz CT molecular complexity index is 2250. The molecule has 8 rings (SSSR count). The first kappa shape index (κ1) is 39.4. The van der Waals surface area contributed by atoms with Crippen molar-refractivity contribution >= 4 is 33.4 Å². The molecule has 0 spiro atoms. The van der Waals surface area contributed by atoms with Gasteiger partial charge in [-0.1, -0.05) is 31.2 Å². The zero-order chi connectivity index (χ0) is 40.2. The predicted molar refractivity (Wildman–Crippen MR) is 220 cm³/mol. The average molecular weight is 810 g/mol. The Kier molecular flexibility index (Phi) is 11.7. The maximum Gasteiger partial charge on any atom is 0.243 e. The first-order valence-electron chi connectivity index (χ1n) is 19.6. The van der Waals surface area contributed by atoms with Gasteiger partial charge < -0.3 is 33.8 Å². The second kappa shape index (κ2) is 17.2. The molecule has 2 aromatic heterocycles. The number of morpholine rings is 1. The van der Waals surface area contributed by atoms with E-state index in [-0.39, 0.29) is 10.6 Å². The monoisotopic (exact) mass is 809 g/mol. The van der Waals surface area contributed by atoms with Crippen molar-refractivity contribution in [1.29, 1.82) is 0 Å². The summed E-state index contributed by atoms with van der Waals surface area (Å²) in [6, 6.07) is 20.1. The standard InChI is InChI=1S/C42H48FN9O5S/c1-4-48-17-19-51(20-18-48)58(53,54)35-13-14-38(37(43)25-35)52-16-15-36-39(46-42(47-40(36)52)49-21-23-57-24-22-49)32-26-44-41(45-27-32)50(28-30-5-9-33(55-2)10-6-30)29-31-7-11-34(56-3)12-8-31/h5-14,25-27H,4,15-24,28-29H2,1-3H3. The molecule has 0 atom stereocenters. The average Bonchev–Trinajstić information content (AvgIpc) is 3.70. The highest BCUT2D eigenvalue weighted by molar-refractivity contribution is 7.89. The summed E-state index contributed by atoms with van der Waals surface area (Å²) >= 11 is 0. The van der Waals surface area contributed by atoms with Gasteiger partial charge in [-0.15, -0.1) is 0 Å². The Balaban J connectivity index is 1.11. The molecule has 3 aromatic carbocycles. The molecule has 5 heterocycles. The molecule has 0 amide bonds. The third-order valence-electron chi connectivity index (χ3n) is 11.0. The van der Waals surface area contributed by atoms with Gasteiger partial charge in [0.2, 0.25) is 21.9 Å². The van der Waals surface area contributed by atoms with E-state index in [2.05, 4.69) is 21.6 Å². The smallest absolute Gasteiger partial charge is 0.243 e. The van der Waals surface area contributed by atoms with Crippen LogP contribution in [0.1, 0.15) is 23.6 Å². The third kappa shape index (κ3) is 8.27. The predicted octanol–water partition coefficient (Wildman–Crippen LogP) is 5.15. The van der Waals surface area contributed by atoms with Crippen molar-refractivity contribution in [3.8, 4) is 22.8 Å². The number of hydrogen-bond acceptors (Lipinski definition) is 13. The summed E-state index contributed by atoms with van der Waals surface area (Å²) in [5, 5.41) is 0. The number of benzene rings is 3. The number of methoxy groups -OCH3 is 2. The van der Waals surface area contributed by atoms with Crippen molar-refractivity contribution in [2.45, 2.75) is 31.3 Å². The quantitative estimate of drug-likeness (QED) is 0.156. The molecular weight excluding hydrogens is 762 g/mol. The largest absolute Gasteiger partial charge is 0.497 e. The number of sulfonamides is 1. The minimum absolute atomic E-state index is 0.0548. The number of halogens is 1. The molecule has 16 heteroatoms. The Morgan fingerprint density at radius 3 is 1.98 bits per heavy atom. The second-order valence-electron chi connectivity index (χ2n) is 14.5. The van der Waals surface area contributed by atoms with E-state index >= 15 is 4.39 Å². The molecule has 58 heavy (non-hydrogen) atoms. The maximum absolute atomic E-state index is 16.2. The van der Waals surface area contributed by atoms with E-state index in [0.717, 1.165) is 40.8 Å². The summed E-state index contributed by atoms with van der Waals surface area (Å²) in [4.78, 5) is 28.0. The molecule has 304 valence electrons. The van der Waals surface area contributed by atoms with Crippen LogP contribution in [0.25, 0.3) is 11.3 Å². The molecule has 0 radical (unpaired) electrons. The van der Waals surface area contributed by atoms with Crippen LogP contribution in [-0.4, -0.2) is 117 Å². The van der Waals surface area contributed by atoms with Gasteiger partial charge in [-0.2, -0.15) is 9.29 Å². The Morgan fingerprint density at radius 2 is 1.41 bits per heavy atom. The van der Waals surface area contributed by atoms with Gasteiger partial charge in [0.1, 0.15) is 23.1 Å². The lowest BCUT2D eigenvalue weighted by atomic mass is 10.1. The van der Waals surface area contributed by atoms with Gasteiger partial charge in [0.25, 0.3) is 0 Å². The molecule has 5 aromatic rings. The molecule has 14 nitrogen and oxygen atoms in total. The molecule has 0 N–H and O–H groups in total. The van der Waals surface area contributed by atoms with E-state index < -0.39 is 15.8 Å². The van der Waals surface area contributed by atoms with Gasteiger partial charge in [0, 0.05) is 82.4 Å². The number of piperazine rings is 1. The molecule has 0 aliphatic carbocycles. The van der Waals surface area contributed by atoms with Crippen LogP contribution in [0.4, 0.5) is 27.8 Å². The third-order valence-corrected chi connectivity index (χ3v) is 12.9. The molecule has 3 aliphatic heterocycles. The summed E-state index contributed by atoms with van der Waals surface area (Å²) in [5.74, 6) is 2.54. The number of nitrogens with zero attached hydrogens (tertiary/aromatic N) is 9. The van der Waals surface area contributed by atoms with Crippen LogP contribution >= 0.6 is 0 Å². The number of fused-ring (bicyclic) bond motifs is 1. The highest BCUT2D eigenvalue weighted by Gasteiger charge is 2.33. The zero-order valence-corrected chi connectivity index (χ0v) is 33.9. The number of ether oxygens (including phenoxy) is 3. The summed E-state index contributed by atoms with van der Waals surface area (Å²) < 4.78 is 61.1. The van der Waals surface area contributed by atoms with Crippen LogP contribution in [0.2, 0.25) is 0 Å². The van der Waals surface area contributed by atoms with Crippen molar-refractivity contribution in [3.63, 3.8) is 0 Å². The van der Waals surface area contributed by atoms with E-state index in [1.807, 2.05) is 53.4 Å². The molecule has 0 saturated carbocycles. The second-order valence-corrected chi connectivity index (χ2v) is 16.4. The lowest BCUT2D eigenvalue weighted by Gasteiger charge is -2.33. The summed E-state index contributed by atoms with van der Waals surface area (Å²) in [5.41, 5.74) is 4.61. The Hall–Kier alpha value is -5.42. The van der Waals surface area contributed by atoms with Gasteiger partial charge >= 0.3 is 0 Å². The molecule has 0 bridgehead atoms. The highest BCUT2D eigenvalue weighted by atomic mass is 32.2. The van der Waals surface area contributed by atoms with Crippen molar-refractivity contribution < 1.29 is 27.0 Å². The SMILES string of the molecule is CCN1CCN(S(=O)(=O)c2ccc(N3CCc4c(-c5cnc(N(Cc6ccc(OC)cc6)Cc6ccc(OC)cc6)nc5)nc(N5CCOCC5)nc43)c(F)c2)CC1.